The fraction of sp³-hybridized carbons (Fsp3) is 0.211. The van der Waals surface area contributed by atoms with Crippen LogP contribution in [0.25, 0.3) is 16.7 Å². The van der Waals surface area contributed by atoms with E-state index in [-0.39, 0.29) is 5.89 Å². The summed E-state index contributed by atoms with van der Waals surface area (Å²) in [6.07, 6.45) is 6.52. The number of nitriles is 1. The standard InChI is InChI=1S/C19H15N3O2S/c20-9-14-13-5-1-4-8-17(13)25-19(14)21-10-12(11-23)18-22-15-6-2-3-7-16(15)24-18/h2-3,6-7,10-11,21H,1,4-5,8H2. The lowest BCUT2D eigenvalue weighted by atomic mass is 9.96. The predicted molar refractivity (Wildman–Crippen MR) is 97.3 cm³/mol. The monoisotopic (exact) mass is 349 g/mol. The molecule has 5 nitrogen and oxygen atoms in total. The van der Waals surface area contributed by atoms with Gasteiger partial charge in [0.2, 0.25) is 5.89 Å². The molecular weight excluding hydrogens is 334 g/mol. The molecule has 3 aromatic rings. The molecule has 0 atom stereocenters. The summed E-state index contributed by atoms with van der Waals surface area (Å²) in [6.45, 7) is 0. The molecule has 4 rings (SSSR count). The predicted octanol–water partition coefficient (Wildman–Crippen LogP) is 4.29. The first kappa shape index (κ1) is 15.6. The molecule has 124 valence electrons. The van der Waals surface area contributed by atoms with Crippen molar-refractivity contribution in [2.75, 3.05) is 5.32 Å². The van der Waals surface area contributed by atoms with Gasteiger partial charge in [-0.15, -0.1) is 11.3 Å². The Morgan fingerprint density at radius 2 is 2.16 bits per heavy atom. The number of benzene rings is 1. The van der Waals surface area contributed by atoms with Gasteiger partial charge in [0.1, 0.15) is 16.6 Å². The number of thiophene rings is 1. The van der Waals surface area contributed by atoms with Gasteiger partial charge in [-0.3, -0.25) is 4.79 Å². The fourth-order valence-electron chi connectivity index (χ4n) is 3.07. The normalized spacial score (nSPS) is 14.1. The highest BCUT2D eigenvalue weighted by Gasteiger charge is 2.20. The minimum atomic E-state index is 0.267. The quantitative estimate of drug-likeness (QED) is 0.561. The Kier molecular flexibility index (Phi) is 4.08. The lowest BCUT2D eigenvalue weighted by Gasteiger charge is -2.09. The molecule has 0 spiro atoms. The molecule has 25 heavy (non-hydrogen) atoms. The Balaban J connectivity index is 1.67. The maximum absolute atomic E-state index is 11.5. The van der Waals surface area contributed by atoms with Crippen LogP contribution >= 0.6 is 11.3 Å². The summed E-state index contributed by atoms with van der Waals surface area (Å²) in [4.78, 5) is 17.1. The van der Waals surface area contributed by atoms with Crippen LogP contribution in [0, 0.1) is 11.3 Å². The number of aldehydes is 1. The lowest BCUT2D eigenvalue weighted by molar-refractivity contribution is -0.103. The highest BCUT2D eigenvalue weighted by molar-refractivity contribution is 7.16. The number of carbonyl (C=O) groups is 1. The highest BCUT2D eigenvalue weighted by atomic mass is 32.1. The van der Waals surface area contributed by atoms with Crippen molar-refractivity contribution in [1.29, 1.82) is 5.26 Å². The number of para-hydroxylation sites is 2. The molecule has 2 heterocycles. The zero-order valence-electron chi connectivity index (χ0n) is 13.4. The van der Waals surface area contributed by atoms with Gasteiger partial charge >= 0.3 is 0 Å². The number of nitrogens with zero attached hydrogens (tertiary/aromatic N) is 2. The van der Waals surface area contributed by atoms with Crippen molar-refractivity contribution in [2.45, 2.75) is 25.7 Å². The van der Waals surface area contributed by atoms with Crippen molar-refractivity contribution < 1.29 is 9.21 Å². The van der Waals surface area contributed by atoms with Crippen molar-refractivity contribution >= 4 is 39.3 Å². The Morgan fingerprint density at radius 3 is 2.96 bits per heavy atom. The molecule has 0 amide bonds. The van der Waals surface area contributed by atoms with Gasteiger partial charge in [0.25, 0.3) is 0 Å². The Labute approximate surface area is 148 Å². The minimum absolute atomic E-state index is 0.267. The first-order valence-electron chi connectivity index (χ1n) is 8.12. The first-order chi connectivity index (χ1) is 12.3. The number of fused-ring (bicyclic) bond motifs is 2. The molecule has 0 saturated heterocycles. The van der Waals surface area contributed by atoms with Gasteiger partial charge in [0, 0.05) is 11.1 Å². The number of anilines is 1. The zero-order valence-corrected chi connectivity index (χ0v) is 14.2. The second kappa shape index (κ2) is 6.54. The minimum Gasteiger partial charge on any atom is -0.436 e. The van der Waals surface area contributed by atoms with Crippen LogP contribution in [-0.4, -0.2) is 11.3 Å². The molecule has 0 saturated carbocycles. The largest absolute Gasteiger partial charge is 0.436 e. The van der Waals surface area contributed by atoms with Gasteiger partial charge in [-0.05, 0) is 43.4 Å². The number of rotatable bonds is 4. The van der Waals surface area contributed by atoms with E-state index in [2.05, 4.69) is 16.4 Å². The van der Waals surface area contributed by atoms with E-state index in [4.69, 9.17) is 4.42 Å². The van der Waals surface area contributed by atoms with Gasteiger partial charge in [-0.25, -0.2) is 4.98 Å². The summed E-state index contributed by atoms with van der Waals surface area (Å²) in [5.41, 5.74) is 3.50. The Bertz CT molecular complexity index is 990. The number of hydrogen-bond donors (Lipinski definition) is 1. The smallest absolute Gasteiger partial charge is 0.232 e. The maximum Gasteiger partial charge on any atom is 0.232 e. The molecule has 0 unspecified atom stereocenters. The van der Waals surface area contributed by atoms with Gasteiger partial charge in [0.15, 0.2) is 11.9 Å². The maximum atomic E-state index is 11.5. The van der Waals surface area contributed by atoms with Crippen molar-refractivity contribution in [1.82, 2.24) is 4.98 Å². The average Bonchev–Trinajstić information content (AvgIpc) is 3.23. The molecule has 1 N–H and O–H groups in total. The van der Waals surface area contributed by atoms with E-state index < -0.39 is 0 Å². The van der Waals surface area contributed by atoms with Gasteiger partial charge in [-0.2, -0.15) is 5.26 Å². The van der Waals surface area contributed by atoms with E-state index in [1.54, 1.807) is 17.5 Å². The molecule has 6 heteroatoms. The summed E-state index contributed by atoms with van der Waals surface area (Å²) in [5, 5.41) is 13.4. The number of nitrogens with one attached hydrogen (secondary N) is 1. The van der Waals surface area contributed by atoms with E-state index in [1.807, 2.05) is 24.3 Å². The molecule has 2 aromatic heterocycles. The van der Waals surface area contributed by atoms with Crippen molar-refractivity contribution in [3.8, 4) is 6.07 Å². The van der Waals surface area contributed by atoms with Gasteiger partial charge in [0.05, 0.1) is 11.1 Å². The summed E-state index contributed by atoms with van der Waals surface area (Å²) in [7, 11) is 0. The molecule has 0 aliphatic heterocycles. The number of oxazole rings is 1. The molecule has 1 aliphatic carbocycles. The van der Waals surface area contributed by atoms with E-state index >= 15 is 0 Å². The van der Waals surface area contributed by atoms with Crippen LogP contribution in [0.4, 0.5) is 5.00 Å². The van der Waals surface area contributed by atoms with Crippen LogP contribution in [0.15, 0.2) is 34.9 Å². The summed E-state index contributed by atoms with van der Waals surface area (Å²) in [5.74, 6) is 0.267. The zero-order chi connectivity index (χ0) is 17.2. The van der Waals surface area contributed by atoms with Crippen LogP contribution in [0.3, 0.4) is 0 Å². The van der Waals surface area contributed by atoms with E-state index in [0.717, 1.165) is 36.2 Å². The number of hydrogen-bond acceptors (Lipinski definition) is 6. The average molecular weight is 349 g/mol. The van der Waals surface area contributed by atoms with Gasteiger partial charge < -0.3 is 9.73 Å². The van der Waals surface area contributed by atoms with Crippen LogP contribution < -0.4 is 5.32 Å². The van der Waals surface area contributed by atoms with Crippen LogP contribution in [0.2, 0.25) is 0 Å². The summed E-state index contributed by atoms with van der Waals surface area (Å²) >= 11 is 1.59. The number of aryl methyl sites for hydroxylation is 1. The fourth-order valence-corrected chi connectivity index (χ4v) is 4.28. The molecule has 1 aromatic carbocycles. The van der Waals surface area contributed by atoms with Crippen molar-refractivity contribution in [3.05, 3.63) is 52.4 Å². The molecular formula is C19H15N3O2S. The number of aromatic nitrogens is 1. The topological polar surface area (TPSA) is 78.9 Å². The first-order valence-corrected chi connectivity index (χ1v) is 8.94. The highest BCUT2D eigenvalue weighted by Crippen LogP contribution is 2.37. The lowest BCUT2D eigenvalue weighted by Crippen LogP contribution is -2.00. The number of carbonyl (C=O) groups excluding carboxylic acids is 1. The van der Waals surface area contributed by atoms with E-state index in [0.29, 0.717) is 28.5 Å². The SMILES string of the molecule is N#Cc1c(NC=C(C=O)c2nc3ccccc3o2)sc2c1CCCC2. The van der Waals surface area contributed by atoms with Gasteiger partial charge in [-0.1, -0.05) is 12.1 Å². The van der Waals surface area contributed by atoms with E-state index in [1.165, 1.54) is 4.88 Å². The third kappa shape index (κ3) is 2.83. The number of allylic oxidation sites excluding steroid dienone is 1. The second-order valence-corrected chi connectivity index (χ2v) is 6.98. The molecule has 0 radical (unpaired) electrons. The van der Waals surface area contributed by atoms with Crippen LogP contribution in [0.5, 0.6) is 0 Å². The molecule has 1 aliphatic rings. The van der Waals surface area contributed by atoms with Crippen LogP contribution in [0.1, 0.15) is 34.7 Å². The van der Waals surface area contributed by atoms with Crippen molar-refractivity contribution in [2.24, 2.45) is 0 Å². The summed E-state index contributed by atoms with van der Waals surface area (Å²) < 4.78 is 5.64. The molecule has 0 fully saturated rings. The van der Waals surface area contributed by atoms with Crippen LogP contribution in [-0.2, 0) is 17.6 Å². The van der Waals surface area contributed by atoms with E-state index in [9.17, 15) is 10.1 Å². The molecule has 0 bridgehead atoms. The second-order valence-electron chi connectivity index (χ2n) is 5.88. The third-order valence-electron chi connectivity index (χ3n) is 4.31. The Morgan fingerprint density at radius 1 is 1.32 bits per heavy atom. The van der Waals surface area contributed by atoms with Crippen molar-refractivity contribution in [3.63, 3.8) is 0 Å². The Hall–Kier alpha value is -2.91. The summed E-state index contributed by atoms with van der Waals surface area (Å²) in [6, 6.07) is 9.66. The third-order valence-corrected chi connectivity index (χ3v) is 5.53.